The number of amides is 1. The minimum absolute atomic E-state index is 0.0406. The first-order valence-corrected chi connectivity index (χ1v) is 9.68. The number of alkyl halides is 5. The highest BCUT2D eigenvalue weighted by atomic mass is 19.4. The Morgan fingerprint density at radius 1 is 1.26 bits per heavy atom. The van der Waals surface area contributed by atoms with Crippen LogP contribution in [-0.4, -0.2) is 46.2 Å². The van der Waals surface area contributed by atoms with E-state index in [2.05, 4.69) is 10.4 Å². The van der Waals surface area contributed by atoms with E-state index in [9.17, 15) is 31.1 Å². The van der Waals surface area contributed by atoms with Crippen LogP contribution in [0.4, 0.5) is 32.0 Å². The van der Waals surface area contributed by atoms with Crippen molar-refractivity contribution in [2.75, 3.05) is 18.4 Å². The van der Waals surface area contributed by atoms with Gasteiger partial charge in [-0.2, -0.15) is 18.3 Å². The topological polar surface area (TPSA) is 111 Å². The fourth-order valence-corrected chi connectivity index (χ4v) is 3.06. The number of ether oxygens (including phenoxy) is 1. The van der Waals surface area contributed by atoms with E-state index in [1.165, 1.54) is 22.0 Å². The average Bonchev–Trinajstić information content (AvgIpc) is 3.11. The Labute approximate surface area is 189 Å². The SMILES string of the molecule is Cn1cc(NC(=O)/C(N)=C(/C=C(\N)C(F)F)N2CC(Oc3cc(F)cc(C(F)(F)F)c3)C2)cn1. The van der Waals surface area contributed by atoms with Crippen molar-refractivity contribution in [1.29, 1.82) is 0 Å². The summed E-state index contributed by atoms with van der Waals surface area (Å²) < 4.78 is 85.0. The Morgan fingerprint density at radius 3 is 2.50 bits per heavy atom. The van der Waals surface area contributed by atoms with Crippen LogP contribution in [-0.2, 0) is 18.0 Å². The van der Waals surface area contributed by atoms with Gasteiger partial charge in [0.2, 0.25) is 0 Å². The second-order valence-corrected chi connectivity index (χ2v) is 7.42. The lowest BCUT2D eigenvalue weighted by atomic mass is 10.1. The van der Waals surface area contributed by atoms with Gasteiger partial charge in [0.25, 0.3) is 12.3 Å². The van der Waals surface area contributed by atoms with Gasteiger partial charge in [-0.3, -0.25) is 9.48 Å². The summed E-state index contributed by atoms with van der Waals surface area (Å²) in [7, 11) is 1.61. The predicted molar refractivity (Wildman–Crippen MR) is 109 cm³/mol. The highest BCUT2D eigenvalue weighted by molar-refractivity contribution is 6.03. The van der Waals surface area contributed by atoms with Crippen molar-refractivity contribution >= 4 is 11.6 Å². The molecule has 1 aromatic carbocycles. The summed E-state index contributed by atoms with van der Waals surface area (Å²) >= 11 is 0. The maximum Gasteiger partial charge on any atom is 0.416 e. The fraction of sp³-hybridized carbons (Fsp3) is 0.300. The summed E-state index contributed by atoms with van der Waals surface area (Å²) in [6, 6.07) is 1.77. The molecule has 1 fully saturated rings. The van der Waals surface area contributed by atoms with E-state index in [1.54, 1.807) is 7.05 Å². The molecule has 1 amide bonds. The molecule has 3 rings (SSSR count). The summed E-state index contributed by atoms with van der Waals surface area (Å²) in [5.74, 6) is -2.30. The molecule has 0 saturated carbocycles. The Hall–Kier alpha value is -3.84. The van der Waals surface area contributed by atoms with Crippen molar-refractivity contribution in [2.45, 2.75) is 18.7 Å². The van der Waals surface area contributed by atoms with Gasteiger partial charge in [0.05, 0.1) is 41.9 Å². The Kier molecular flexibility index (Phi) is 6.98. The number of rotatable bonds is 7. The van der Waals surface area contributed by atoms with Gasteiger partial charge in [-0.05, 0) is 18.2 Å². The standard InChI is InChI=1S/C20H20F6N6O2/c1-31-7-12(6-29-31)30-19(33)17(28)16(5-15(27)18(22)23)32-8-14(9-32)34-13-3-10(20(24,25)26)2-11(21)4-13/h2-7,14,18H,8-9,27-28H2,1H3,(H,30,33)/b15-5-,17-16+. The van der Waals surface area contributed by atoms with E-state index in [1.807, 2.05) is 0 Å². The third kappa shape index (κ3) is 5.94. The number of likely N-dealkylation sites (tertiary alicyclic amines) is 1. The molecule has 184 valence electrons. The summed E-state index contributed by atoms with van der Waals surface area (Å²) in [5.41, 5.74) is 8.90. The van der Waals surface area contributed by atoms with Crippen molar-refractivity contribution in [3.05, 3.63) is 65.1 Å². The fourth-order valence-electron chi connectivity index (χ4n) is 3.06. The number of hydrogen-bond donors (Lipinski definition) is 3. The normalized spacial score (nSPS) is 15.8. The van der Waals surface area contributed by atoms with Crippen molar-refractivity contribution in [3.8, 4) is 5.75 Å². The summed E-state index contributed by atoms with van der Waals surface area (Å²) in [5, 5.41) is 6.33. The van der Waals surface area contributed by atoms with E-state index in [0.717, 1.165) is 12.1 Å². The molecule has 0 aliphatic carbocycles. The van der Waals surface area contributed by atoms with Crippen LogP contribution >= 0.6 is 0 Å². The largest absolute Gasteiger partial charge is 0.487 e. The van der Waals surface area contributed by atoms with Gasteiger partial charge >= 0.3 is 6.18 Å². The van der Waals surface area contributed by atoms with Gasteiger partial charge in [0.15, 0.2) is 0 Å². The third-order valence-corrected chi connectivity index (χ3v) is 4.73. The third-order valence-electron chi connectivity index (χ3n) is 4.73. The molecule has 1 aromatic heterocycles. The first-order chi connectivity index (χ1) is 15.8. The van der Waals surface area contributed by atoms with Crippen LogP contribution in [0.2, 0.25) is 0 Å². The summed E-state index contributed by atoms with van der Waals surface area (Å²) in [6.07, 6.45) is -4.86. The molecule has 1 aliphatic heterocycles. The number of aryl methyl sites for hydroxylation is 1. The van der Waals surface area contributed by atoms with Crippen LogP contribution < -0.4 is 21.5 Å². The number of nitrogens with zero attached hydrogens (tertiary/aromatic N) is 3. The molecule has 1 saturated heterocycles. The zero-order valence-corrected chi connectivity index (χ0v) is 17.6. The molecule has 0 bridgehead atoms. The van der Waals surface area contributed by atoms with Gasteiger partial charge in [0.1, 0.15) is 23.4 Å². The highest BCUT2D eigenvalue weighted by Gasteiger charge is 2.34. The van der Waals surface area contributed by atoms with E-state index in [0.29, 0.717) is 17.8 Å². The molecule has 2 aromatic rings. The Morgan fingerprint density at radius 2 is 1.94 bits per heavy atom. The van der Waals surface area contributed by atoms with E-state index >= 15 is 0 Å². The number of nitrogens with one attached hydrogen (secondary N) is 1. The van der Waals surface area contributed by atoms with Crippen molar-refractivity contribution in [1.82, 2.24) is 14.7 Å². The predicted octanol–water partition coefficient (Wildman–Crippen LogP) is 2.56. The van der Waals surface area contributed by atoms with Crippen molar-refractivity contribution in [2.24, 2.45) is 18.5 Å². The quantitative estimate of drug-likeness (QED) is 0.313. The molecule has 2 heterocycles. The molecule has 0 atom stereocenters. The Balaban J connectivity index is 1.77. The van der Waals surface area contributed by atoms with E-state index in [-0.39, 0.29) is 24.5 Å². The summed E-state index contributed by atoms with van der Waals surface area (Å²) in [6.45, 7) is -0.0812. The lowest BCUT2D eigenvalue weighted by molar-refractivity contribution is -0.138. The van der Waals surface area contributed by atoms with Gasteiger partial charge in [-0.25, -0.2) is 13.2 Å². The number of hydrogen-bond acceptors (Lipinski definition) is 6. The molecule has 0 spiro atoms. The number of allylic oxidation sites excluding steroid dienone is 2. The second kappa shape index (κ2) is 9.57. The number of carbonyl (C=O) groups excluding carboxylic acids is 1. The number of halogens is 6. The average molecular weight is 490 g/mol. The van der Waals surface area contributed by atoms with Crippen molar-refractivity contribution < 1.29 is 35.9 Å². The monoisotopic (exact) mass is 490 g/mol. The molecular formula is C20H20F6N6O2. The van der Waals surface area contributed by atoms with Gasteiger partial charge in [-0.15, -0.1) is 0 Å². The van der Waals surface area contributed by atoms with Crippen LogP contribution in [0.15, 0.2) is 53.8 Å². The molecule has 0 unspecified atom stereocenters. The van der Waals surface area contributed by atoms with E-state index in [4.69, 9.17) is 16.2 Å². The van der Waals surface area contributed by atoms with Crippen LogP contribution in [0.5, 0.6) is 5.75 Å². The van der Waals surface area contributed by atoms with Crippen LogP contribution in [0.1, 0.15) is 5.56 Å². The van der Waals surface area contributed by atoms with Gasteiger partial charge in [-0.1, -0.05) is 0 Å². The van der Waals surface area contributed by atoms with Gasteiger partial charge < -0.3 is 26.4 Å². The maximum atomic E-state index is 13.6. The molecule has 8 nitrogen and oxygen atoms in total. The number of nitrogens with two attached hydrogens (primary N) is 2. The minimum atomic E-state index is -4.77. The van der Waals surface area contributed by atoms with Crippen molar-refractivity contribution in [3.63, 3.8) is 0 Å². The van der Waals surface area contributed by atoms with Crippen LogP contribution in [0.3, 0.4) is 0 Å². The highest BCUT2D eigenvalue weighted by Crippen LogP contribution is 2.33. The summed E-state index contributed by atoms with van der Waals surface area (Å²) in [4.78, 5) is 13.9. The van der Waals surface area contributed by atoms with Crippen LogP contribution in [0, 0.1) is 5.82 Å². The second-order valence-electron chi connectivity index (χ2n) is 7.42. The molecule has 34 heavy (non-hydrogen) atoms. The first kappa shape index (κ1) is 24.8. The number of carbonyl (C=O) groups is 1. The van der Waals surface area contributed by atoms with Crippen LogP contribution in [0.25, 0.3) is 0 Å². The smallest absolute Gasteiger partial charge is 0.416 e. The zero-order valence-electron chi connectivity index (χ0n) is 17.6. The maximum absolute atomic E-state index is 13.6. The molecule has 14 heteroatoms. The zero-order chi connectivity index (χ0) is 25.2. The number of anilines is 1. The molecule has 1 aliphatic rings. The number of aromatic nitrogens is 2. The van der Waals surface area contributed by atoms with E-state index < -0.39 is 47.4 Å². The van der Waals surface area contributed by atoms with Gasteiger partial charge in [0, 0.05) is 19.3 Å². The lowest BCUT2D eigenvalue weighted by Crippen LogP contribution is -2.53. The Bertz CT molecular complexity index is 1120. The molecule has 5 N–H and O–H groups in total. The minimum Gasteiger partial charge on any atom is -0.487 e. The molecular weight excluding hydrogens is 470 g/mol. The lowest BCUT2D eigenvalue weighted by Gasteiger charge is -2.41. The first-order valence-electron chi connectivity index (χ1n) is 9.68. The number of benzene rings is 1. The molecule has 0 radical (unpaired) electrons.